The molecule has 112 valence electrons. The standard InChI is InChI=1S/C17H24N4/c1-6-15-12(3)16(18-7-2)20-17(19-15)13-8-10-14(11-9-13)21(4)5/h8-11H,6-7H2,1-5H3,(H,18,19,20). The van der Waals surface area contributed by atoms with Crippen LogP contribution in [0.15, 0.2) is 24.3 Å². The molecule has 0 amide bonds. The Balaban J connectivity index is 2.45. The minimum Gasteiger partial charge on any atom is -0.378 e. The SMILES string of the molecule is CCNc1nc(-c2ccc(N(C)C)cc2)nc(CC)c1C. The van der Waals surface area contributed by atoms with Crippen molar-refractivity contribution in [2.24, 2.45) is 0 Å². The van der Waals surface area contributed by atoms with Crippen molar-refractivity contribution in [3.8, 4) is 11.4 Å². The van der Waals surface area contributed by atoms with Crippen LogP contribution in [-0.4, -0.2) is 30.6 Å². The molecular weight excluding hydrogens is 260 g/mol. The molecule has 0 unspecified atom stereocenters. The molecule has 4 nitrogen and oxygen atoms in total. The summed E-state index contributed by atoms with van der Waals surface area (Å²) >= 11 is 0. The van der Waals surface area contributed by atoms with Crippen LogP contribution in [0, 0.1) is 6.92 Å². The molecule has 1 aromatic carbocycles. The van der Waals surface area contributed by atoms with E-state index >= 15 is 0 Å². The molecule has 4 heteroatoms. The molecule has 2 rings (SSSR count). The Hall–Kier alpha value is -2.10. The quantitative estimate of drug-likeness (QED) is 0.912. The average Bonchev–Trinajstić information content (AvgIpc) is 2.49. The first-order chi connectivity index (χ1) is 10.1. The van der Waals surface area contributed by atoms with E-state index in [4.69, 9.17) is 4.98 Å². The van der Waals surface area contributed by atoms with E-state index in [1.165, 1.54) is 5.69 Å². The van der Waals surface area contributed by atoms with Gasteiger partial charge in [-0.25, -0.2) is 9.97 Å². The second kappa shape index (κ2) is 6.57. The summed E-state index contributed by atoms with van der Waals surface area (Å²) in [6.45, 7) is 7.15. The summed E-state index contributed by atoms with van der Waals surface area (Å²) in [5.41, 5.74) is 4.48. The molecule has 0 radical (unpaired) electrons. The molecule has 0 saturated carbocycles. The summed E-state index contributed by atoms with van der Waals surface area (Å²) in [4.78, 5) is 11.5. The number of anilines is 2. The number of nitrogens with one attached hydrogen (secondary N) is 1. The van der Waals surface area contributed by atoms with Gasteiger partial charge in [0.1, 0.15) is 5.82 Å². The van der Waals surface area contributed by atoms with Crippen molar-refractivity contribution in [3.63, 3.8) is 0 Å². The first-order valence-electron chi connectivity index (χ1n) is 7.46. The average molecular weight is 284 g/mol. The molecule has 2 aromatic rings. The van der Waals surface area contributed by atoms with Gasteiger partial charge < -0.3 is 10.2 Å². The molecule has 0 atom stereocenters. The molecule has 0 saturated heterocycles. The van der Waals surface area contributed by atoms with Crippen LogP contribution in [0.4, 0.5) is 11.5 Å². The third kappa shape index (κ3) is 3.32. The Bertz CT molecular complexity index is 603. The minimum absolute atomic E-state index is 0.790. The summed E-state index contributed by atoms with van der Waals surface area (Å²) in [7, 11) is 4.08. The summed E-state index contributed by atoms with van der Waals surface area (Å²) < 4.78 is 0. The highest BCUT2D eigenvalue weighted by atomic mass is 15.1. The maximum absolute atomic E-state index is 4.71. The third-order valence-electron chi connectivity index (χ3n) is 3.57. The second-order valence-corrected chi connectivity index (χ2v) is 5.29. The fourth-order valence-corrected chi connectivity index (χ4v) is 2.28. The van der Waals surface area contributed by atoms with Crippen LogP contribution in [0.1, 0.15) is 25.1 Å². The number of benzene rings is 1. The minimum atomic E-state index is 0.790. The maximum Gasteiger partial charge on any atom is 0.161 e. The molecule has 0 aliphatic heterocycles. The highest BCUT2D eigenvalue weighted by Crippen LogP contribution is 2.24. The largest absolute Gasteiger partial charge is 0.378 e. The molecular formula is C17H24N4. The van der Waals surface area contributed by atoms with Gasteiger partial charge in [0.2, 0.25) is 0 Å². The van der Waals surface area contributed by atoms with Crippen molar-refractivity contribution in [1.82, 2.24) is 9.97 Å². The lowest BCUT2D eigenvalue weighted by atomic mass is 10.1. The molecule has 0 aliphatic carbocycles. The lowest BCUT2D eigenvalue weighted by Crippen LogP contribution is -2.09. The molecule has 0 aliphatic rings. The van der Waals surface area contributed by atoms with Gasteiger partial charge in [0.15, 0.2) is 5.82 Å². The van der Waals surface area contributed by atoms with Crippen LogP contribution in [0.25, 0.3) is 11.4 Å². The van der Waals surface area contributed by atoms with E-state index in [2.05, 4.69) is 60.2 Å². The van der Waals surface area contributed by atoms with Gasteiger partial charge in [-0.1, -0.05) is 6.92 Å². The third-order valence-corrected chi connectivity index (χ3v) is 3.57. The maximum atomic E-state index is 4.71. The zero-order chi connectivity index (χ0) is 15.4. The Morgan fingerprint density at radius 3 is 2.24 bits per heavy atom. The Morgan fingerprint density at radius 1 is 1.05 bits per heavy atom. The Kier molecular flexibility index (Phi) is 4.78. The van der Waals surface area contributed by atoms with Crippen molar-refractivity contribution >= 4 is 11.5 Å². The van der Waals surface area contributed by atoms with Gasteiger partial charge in [0.25, 0.3) is 0 Å². The normalized spacial score (nSPS) is 10.5. The van der Waals surface area contributed by atoms with Crippen LogP contribution in [0.2, 0.25) is 0 Å². The van der Waals surface area contributed by atoms with Crippen LogP contribution >= 0.6 is 0 Å². The number of aryl methyl sites for hydroxylation is 1. The van der Waals surface area contributed by atoms with Crippen molar-refractivity contribution < 1.29 is 0 Å². The lowest BCUT2D eigenvalue weighted by molar-refractivity contribution is 0.970. The van der Waals surface area contributed by atoms with Crippen LogP contribution in [0.5, 0.6) is 0 Å². The predicted molar refractivity (Wildman–Crippen MR) is 90.1 cm³/mol. The van der Waals surface area contributed by atoms with E-state index in [0.29, 0.717) is 0 Å². The summed E-state index contributed by atoms with van der Waals surface area (Å²) in [6.07, 6.45) is 0.912. The van der Waals surface area contributed by atoms with Gasteiger partial charge >= 0.3 is 0 Å². The number of rotatable bonds is 5. The van der Waals surface area contributed by atoms with E-state index in [-0.39, 0.29) is 0 Å². The topological polar surface area (TPSA) is 41.1 Å². The molecule has 21 heavy (non-hydrogen) atoms. The summed E-state index contributed by atoms with van der Waals surface area (Å²) in [5.74, 6) is 1.73. The van der Waals surface area contributed by atoms with Crippen LogP contribution in [-0.2, 0) is 6.42 Å². The van der Waals surface area contributed by atoms with E-state index in [0.717, 1.165) is 41.4 Å². The second-order valence-electron chi connectivity index (χ2n) is 5.29. The van der Waals surface area contributed by atoms with Gasteiger partial charge in [0.05, 0.1) is 0 Å². The number of aromatic nitrogens is 2. The van der Waals surface area contributed by atoms with Gasteiger partial charge in [-0.15, -0.1) is 0 Å². The van der Waals surface area contributed by atoms with Crippen molar-refractivity contribution in [2.75, 3.05) is 30.9 Å². The molecule has 1 heterocycles. The van der Waals surface area contributed by atoms with Gasteiger partial charge in [0, 0.05) is 43.1 Å². The monoisotopic (exact) mass is 284 g/mol. The predicted octanol–water partition coefficient (Wildman–Crippen LogP) is 3.51. The number of nitrogens with zero attached hydrogens (tertiary/aromatic N) is 3. The van der Waals surface area contributed by atoms with Gasteiger partial charge in [-0.05, 0) is 44.5 Å². The van der Waals surface area contributed by atoms with Crippen molar-refractivity contribution in [1.29, 1.82) is 0 Å². The first kappa shape index (κ1) is 15.3. The summed E-state index contributed by atoms with van der Waals surface area (Å²) in [6, 6.07) is 8.35. The molecule has 1 N–H and O–H groups in total. The molecule has 0 bridgehead atoms. The number of hydrogen-bond acceptors (Lipinski definition) is 4. The molecule has 0 spiro atoms. The van der Waals surface area contributed by atoms with Gasteiger partial charge in [-0.3, -0.25) is 0 Å². The Morgan fingerprint density at radius 2 is 1.71 bits per heavy atom. The van der Waals surface area contributed by atoms with Crippen molar-refractivity contribution in [3.05, 3.63) is 35.5 Å². The smallest absolute Gasteiger partial charge is 0.161 e. The fourth-order valence-electron chi connectivity index (χ4n) is 2.28. The lowest BCUT2D eigenvalue weighted by Gasteiger charge is -2.14. The molecule has 0 fully saturated rings. The van der Waals surface area contributed by atoms with E-state index in [1.54, 1.807) is 0 Å². The zero-order valence-electron chi connectivity index (χ0n) is 13.6. The number of hydrogen-bond donors (Lipinski definition) is 1. The van der Waals surface area contributed by atoms with Gasteiger partial charge in [-0.2, -0.15) is 0 Å². The Labute approximate surface area is 127 Å². The summed E-state index contributed by atoms with van der Waals surface area (Å²) in [5, 5.41) is 3.33. The first-order valence-corrected chi connectivity index (χ1v) is 7.46. The van der Waals surface area contributed by atoms with E-state index < -0.39 is 0 Å². The van der Waals surface area contributed by atoms with E-state index in [9.17, 15) is 0 Å². The van der Waals surface area contributed by atoms with Crippen molar-refractivity contribution in [2.45, 2.75) is 27.2 Å². The highest BCUT2D eigenvalue weighted by Gasteiger charge is 2.10. The fraction of sp³-hybridized carbons (Fsp3) is 0.412. The highest BCUT2D eigenvalue weighted by molar-refractivity contribution is 5.63. The van der Waals surface area contributed by atoms with Crippen LogP contribution in [0.3, 0.4) is 0 Å². The molecule has 1 aromatic heterocycles. The van der Waals surface area contributed by atoms with E-state index in [1.807, 2.05) is 14.1 Å². The van der Waals surface area contributed by atoms with Crippen LogP contribution < -0.4 is 10.2 Å². The zero-order valence-corrected chi connectivity index (χ0v) is 13.6.